The summed E-state index contributed by atoms with van der Waals surface area (Å²) in [6.07, 6.45) is 5.12. The molecule has 0 radical (unpaired) electrons. The van der Waals surface area contributed by atoms with Crippen LogP contribution in [0.15, 0.2) is 30.5 Å². The molecule has 2 rings (SSSR count). The topological polar surface area (TPSA) is 41.6 Å². The lowest BCUT2D eigenvalue weighted by atomic mass is 10.1. The fourth-order valence-corrected chi connectivity index (χ4v) is 2.37. The first kappa shape index (κ1) is 17.6. The summed E-state index contributed by atoms with van der Waals surface area (Å²) in [5, 5.41) is 8.83. The third kappa shape index (κ3) is 4.49. The summed E-state index contributed by atoms with van der Waals surface area (Å²) in [6, 6.07) is 9.80. The molecule has 0 aliphatic carbocycles. The summed E-state index contributed by atoms with van der Waals surface area (Å²) in [5.41, 5.74) is 2.89. The number of aromatic nitrogens is 2. The first-order chi connectivity index (χ1) is 9.78. The molecule has 1 aromatic heterocycles. The van der Waals surface area contributed by atoms with Gasteiger partial charge in [0.2, 0.25) is 0 Å². The first-order valence-corrected chi connectivity index (χ1v) is 7.40. The second-order valence-corrected chi connectivity index (χ2v) is 5.07. The van der Waals surface area contributed by atoms with E-state index in [2.05, 4.69) is 22.5 Å². The summed E-state index contributed by atoms with van der Waals surface area (Å²) in [4.78, 5) is 4.48. The van der Waals surface area contributed by atoms with Gasteiger partial charge in [0.1, 0.15) is 5.82 Å². The van der Waals surface area contributed by atoms with E-state index < -0.39 is 0 Å². The SMILES string of the molecule is CCCCc1ncc(CCl)n1Cc1ccc(C#N)cc1.Cl. The molecule has 0 atom stereocenters. The molecule has 0 aliphatic heterocycles. The number of hydrogen-bond donors (Lipinski definition) is 0. The van der Waals surface area contributed by atoms with E-state index in [1.165, 1.54) is 0 Å². The van der Waals surface area contributed by atoms with E-state index in [9.17, 15) is 0 Å². The van der Waals surface area contributed by atoms with Crippen molar-refractivity contribution in [3.8, 4) is 6.07 Å². The number of nitriles is 1. The standard InChI is InChI=1S/C16H18ClN3.ClH/c1-2-3-4-16-19-11-15(9-17)20(16)12-14-7-5-13(10-18)6-8-14;/h5-8,11H,2-4,9,12H2,1H3;1H. The Balaban J connectivity index is 0.00000220. The summed E-state index contributed by atoms with van der Waals surface area (Å²) in [6.45, 7) is 2.93. The molecule has 0 saturated heterocycles. The average molecular weight is 324 g/mol. The Morgan fingerprint density at radius 2 is 2.00 bits per heavy atom. The van der Waals surface area contributed by atoms with E-state index in [0.717, 1.165) is 42.9 Å². The molecule has 1 aromatic carbocycles. The van der Waals surface area contributed by atoms with Crippen molar-refractivity contribution >= 4 is 24.0 Å². The number of imidazole rings is 1. The van der Waals surface area contributed by atoms with E-state index in [1.54, 1.807) is 0 Å². The zero-order valence-corrected chi connectivity index (χ0v) is 13.6. The largest absolute Gasteiger partial charge is 0.326 e. The Kier molecular flexibility index (Phi) is 7.28. The van der Waals surface area contributed by atoms with Crippen LogP contribution in [0.2, 0.25) is 0 Å². The molecule has 0 N–H and O–H groups in total. The van der Waals surface area contributed by atoms with Gasteiger partial charge in [-0.25, -0.2) is 4.98 Å². The van der Waals surface area contributed by atoms with Gasteiger partial charge in [0.25, 0.3) is 0 Å². The normalized spacial score (nSPS) is 9.95. The van der Waals surface area contributed by atoms with Crippen molar-refractivity contribution in [1.82, 2.24) is 9.55 Å². The van der Waals surface area contributed by atoms with Gasteiger partial charge < -0.3 is 4.57 Å². The quantitative estimate of drug-likeness (QED) is 0.743. The van der Waals surface area contributed by atoms with Gasteiger partial charge >= 0.3 is 0 Å². The Hall–Kier alpha value is -1.50. The molecule has 0 amide bonds. The van der Waals surface area contributed by atoms with E-state index >= 15 is 0 Å². The van der Waals surface area contributed by atoms with Gasteiger partial charge in [-0.15, -0.1) is 24.0 Å². The maximum Gasteiger partial charge on any atom is 0.109 e. The summed E-state index contributed by atoms with van der Waals surface area (Å²) in [7, 11) is 0. The number of aryl methyl sites for hydroxylation is 1. The van der Waals surface area contributed by atoms with Crippen LogP contribution < -0.4 is 0 Å². The molecule has 112 valence electrons. The minimum absolute atomic E-state index is 0. The molecule has 0 aliphatic rings. The number of halogens is 2. The van der Waals surface area contributed by atoms with E-state index in [1.807, 2.05) is 30.5 Å². The summed E-state index contributed by atoms with van der Waals surface area (Å²) < 4.78 is 2.18. The molecule has 2 aromatic rings. The molecule has 0 saturated carbocycles. The lowest BCUT2D eigenvalue weighted by molar-refractivity contribution is 0.665. The van der Waals surface area contributed by atoms with Crippen LogP contribution in [0.4, 0.5) is 0 Å². The number of benzene rings is 1. The molecule has 0 unspecified atom stereocenters. The first-order valence-electron chi connectivity index (χ1n) is 6.86. The third-order valence-electron chi connectivity index (χ3n) is 3.34. The van der Waals surface area contributed by atoms with Crippen LogP contribution in [0.1, 0.15) is 42.4 Å². The van der Waals surface area contributed by atoms with E-state index in [-0.39, 0.29) is 12.4 Å². The van der Waals surface area contributed by atoms with Crippen LogP contribution in [0.25, 0.3) is 0 Å². The van der Waals surface area contributed by atoms with Crippen molar-refractivity contribution in [2.24, 2.45) is 0 Å². The van der Waals surface area contributed by atoms with E-state index in [4.69, 9.17) is 16.9 Å². The minimum atomic E-state index is 0. The zero-order chi connectivity index (χ0) is 14.4. The van der Waals surface area contributed by atoms with Gasteiger partial charge in [0.05, 0.1) is 23.2 Å². The lowest BCUT2D eigenvalue weighted by Gasteiger charge is -2.11. The third-order valence-corrected chi connectivity index (χ3v) is 3.61. The van der Waals surface area contributed by atoms with Crippen molar-refractivity contribution in [3.05, 3.63) is 53.1 Å². The number of rotatable bonds is 6. The van der Waals surface area contributed by atoms with Crippen molar-refractivity contribution in [2.75, 3.05) is 0 Å². The number of alkyl halides is 1. The van der Waals surface area contributed by atoms with Crippen LogP contribution in [-0.4, -0.2) is 9.55 Å². The minimum Gasteiger partial charge on any atom is -0.326 e. The van der Waals surface area contributed by atoms with Crippen molar-refractivity contribution in [2.45, 2.75) is 38.6 Å². The van der Waals surface area contributed by atoms with Crippen LogP contribution in [0.5, 0.6) is 0 Å². The van der Waals surface area contributed by atoms with Gasteiger partial charge in [0, 0.05) is 19.2 Å². The van der Waals surface area contributed by atoms with Crippen LogP contribution >= 0.6 is 24.0 Å². The highest BCUT2D eigenvalue weighted by atomic mass is 35.5. The molecule has 0 bridgehead atoms. The number of hydrogen-bond acceptors (Lipinski definition) is 2. The summed E-state index contributed by atoms with van der Waals surface area (Å²) in [5.74, 6) is 1.56. The Labute approximate surface area is 137 Å². The predicted molar refractivity (Wildman–Crippen MR) is 87.9 cm³/mol. The molecular weight excluding hydrogens is 305 g/mol. The van der Waals surface area contributed by atoms with Crippen molar-refractivity contribution in [1.29, 1.82) is 5.26 Å². The van der Waals surface area contributed by atoms with Gasteiger partial charge in [-0.1, -0.05) is 25.5 Å². The Morgan fingerprint density at radius 1 is 1.29 bits per heavy atom. The van der Waals surface area contributed by atoms with Crippen LogP contribution in [-0.2, 0) is 18.8 Å². The highest BCUT2D eigenvalue weighted by Gasteiger charge is 2.09. The number of nitrogens with zero attached hydrogens (tertiary/aromatic N) is 3. The van der Waals surface area contributed by atoms with Crippen LogP contribution in [0.3, 0.4) is 0 Å². The highest BCUT2D eigenvalue weighted by Crippen LogP contribution is 2.14. The molecule has 0 fully saturated rings. The second kappa shape index (κ2) is 8.71. The van der Waals surface area contributed by atoms with Gasteiger partial charge in [-0.2, -0.15) is 5.26 Å². The molecule has 0 spiro atoms. The summed E-state index contributed by atoms with van der Waals surface area (Å²) >= 11 is 5.99. The maximum atomic E-state index is 8.83. The van der Waals surface area contributed by atoms with Crippen LogP contribution in [0, 0.1) is 11.3 Å². The zero-order valence-electron chi connectivity index (χ0n) is 12.1. The van der Waals surface area contributed by atoms with Gasteiger partial charge in [0.15, 0.2) is 0 Å². The molecular formula is C16H19Cl2N3. The lowest BCUT2D eigenvalue weighted by Crippen LogP contribution is -2.08. The fraction of sp³-hybridized carbons (Fsp3) is 0.375. The number of unbranched alkanes of at least 4 members (excludes halogenated alkanes) is 1. The van der Waals surface area contributed by atoms with Crippen molar-refractivity contribution in [3.63, 3.8) is 0 Å². The molecule has 1 heterocycles. The Bertz CT molecular complexity index is 597. The fourth-order valence-electron chi connectivity index (χ4n) is 2.16. The predicted octanol–water partition coefficient (Wildman–Crippen LogP) is 4.31. The Morgan fingerprint density at radius 3 is 2.57 bits per heavy atom. The molecule has 21 heavy (non-hydrogen) atoms. The van der Waals surface area contributed by atoms with Gasteiger partial charge in [-0.05, 0) is 24.1 Å². The highest BCUT2D eigenvalue weighted by molar-refractivity contribution is 6.16. The smallest absolute Gasteiger partial charge is 0.109 e. The molecule has 3 nitrogen and oxygen atoms in total. The average Bonchev–Trinajstić information content (AvgIpc) is 2.88. The van der Waals surface area contributed by atoms with Crippen molar-refractivity contribution < 1.29 is 0 Å². The second-order valence-electron chi connectivity index (χ2n) is 4.80. The molecule has 5 heteroatoms. The van der Waals surface area contributed by atoms with Gasteiger partial charge in [-0.3, -0.25) is 0 Å². The monoisotopic (exact) mass is 323 g/mol. The maximum absolute atomic E-state index is 8.83. The van der Waals surface area contributed by atoms with E-state index in [0.29, 0.717) is 11.4 Å².